The maximum Gasteiger partial charge on any atom is 0.264 e. The Balaban J connectivity index is 2.33. The molecule has 2 rings (SSSR count). The topological polar surface area (TPSA) is 125 Å². The van der Waals surface area contributed by atoms with E-state index in [9.17, 15) is 22.8 Å². The Morgan fingerprint density at radius 3 is 1.93 bits per heavy atom. The molecule has 9 nitrogen and oxygen atoms in total. The number of rotatable bonds is 12. The van der Waals surface area contributed by atoms with Gasteiger partial charge in [-0.1, -0.05) is 101 Å². The first-order valence-electron chi connectivity index (χ1n) is 14.5. The average Bonchev–Trinajstić information content (AvgIpc) is 2.93. The molecule has 3 N–H and O–H groups in total. The number of sulfonamides is 1. The van der Waals surface area contributed by atoms with Crippen LogP contribution in [0.25, 0.3) is 0 Å². The molecule has 0 fully saturated rings. The molecule has 0 unspecified atom stereocenters. The van der Waals surface area contributed by atoms with Crippen molar-refractivity contribution < 1.29 is 22.8 Å². The first kappa shape index (κ1) is 37.2. The van der Waals surface area contributed by atoms with E-state index in [0.717, 1.165) is 5.56 Å². The summed E-state index contributed by atoms with van der Waals surface area (Å²) in [6, 6.07) is 13.6. The van der Waals surface area contributed by atoms with Gasteiger partial charge in [0.1, 0.15) is 6.04 Å². The molecule has 44 heavy (non-hydrogen) atoms. The minimum atomic E-state index is -4.10. The van der Waals surface area contributed by atoms with Gasteiger partial charge in [0, 0.05) is 22.5 Å². The SMILES string of the molecule is CN[C@H](C(=O)N[C@H](C(=O)N(C)[C@H](C=C(C)C(=O)NS(=O)(=O)c1ccc(Br)cc1)C(C)C)C(C)(C)C)C(C)(C)c1ccccc1. The van der Waals surface area contributed by atoms with E-state index in [0.29, 0.717) is 4.47 Å². The van der Waals surface area contributed by atoms with E-state index >= 15 is 0 Å². The molecule has 0 saturated carbocycles. The second-order valence-corrected chi connectivity index (χ2v) is 15.6. The van der Waals surface area contributed by atoms with Crippen molar-refractivity contribution in [3.05, 3.63) is 76.3 Å². The zero-order valence-corrected chi connectivity index (χ0v) is 29.8. The lowest BCUT2D eigenvalue weighted by molar-refractivity contribution is -0.140. The highest BCUT2D eigenvalue weighted by Crippen LogP contribution is 2.29. The van der Waals surface area contributed by atoms with Gasteiger partial charge < -0.3 is 15.5 Å². The molecular weight excluding hydrogens is 644 g/mol. The first-order chi connectivity index (χ1) is 20.2. The van der Waals surface area contributed by atoms with Gasteiger partial charge in [0.2, 0.25) is 11.8 Å². The molecule has 2 aromatic rings. The van der Waals surface area contributed by atoms with Crippen LogP contribution in [0.5, 0.6) is 0 Å². The summed E-state index contributed by atoms with van der Waals surface area (Å²) in [7, 11) is -0.750. The second-order valence-electron chi connectivity index (χ2n) is 13.0. The number of nitrogens with zero attached hydrogens (tertiary/aromatic N) is 1. The van der Waals surface area contributed by atoms with E-state index in [1.807, 2.05) is 78.8 Å². The molecule has 0 aliphatic heterocycles. The zero-order valence-electron chi connectivity index (χ0n) is 27.4. The van der Waals surface area contributed by atoms with Crippen molar-refractivity contribution in [2.24, 2.45) is 11.3 Å². The van der Waals surface area contributed by atoms with Crippen LogP contribution in [0.3, 0.4) is 0 Å². The number of nitrogens with one attached hydrogen (secondary N) is 3. The van der Waals surface area contributed by atoms with Gasteiger partial charge in [0.15, 0.2) is 0 Å². The van der Waals surface area contributed by atoms with Crippen molar-refractivity contribution in [1.82, 2.24) is 20.3 Å². The molecule has 0 spiro atoms. The summed E-state index contributed by atoms with van der Waals surface area (Å²) in [6.45, 7) is 14.9. The van der Waals surface area contributed by atoms with Gasteiger partial charge in [-0.3, -0.25) is 14.4 Å². The highest BCUT2D eigenvalue weighted by atomic mass is 79.9. The third-order valence-electron chi connectivity index (χ3n) is 7.80. The molecule has 0 heterocycles. The molecular formula is C33H47BrN4O5S. The van der Waals surface area contributed by atoms with Gasteiger partial charge in [0.05, 0.1) is 17.0 Å². The van der Waals surface area contributed by atoms with E-state index in [1.165, 1.54) is 24.0 Å². The average molecular weight is 692 g/mol. The molecule has 11 heteroatoms. The molecule has 0 aliphatic rings. The van der Waals surface area contributed by atoms with Crippen LogP contribution in [0.4, 0.5) is 0 Å². The van der Waals surface area contributed by atoms with Crippen LogP contribution in [0.2, 0.25) is 0 Å². The van der Waals surface area contributed by atoms with Crippen LogP contribution in [-0.4, -0.2) is 63.3 Å². The Morgan fingerprint density at radius 2 is 1.45 bits per heavy atom. The molecule has 0 radical (unpaired) electrons. The van der Waals surface area contributed by atoms with E-state index in [-0.39, 0.29) is 28.2 Å². The van der Waals surface area contributed by atoms with Gasteiger partial charge in [0.25, 0.3) is 15.9 Å². The third-order valence-corrected chi connectivity index (χ3v) is 9.67. The number of likely N-dealkylation sites (N-methyl/N-ethyl adjacent to an activating group) is 2. The number of amides is 3. The zero-order chi connectivity index (χ0) is 33.6. The fourth-order valence-corrected chi connectivity index (χ4v) is 6.32. The Hall–Kier alpha value is -3.02. The minimum Gasteiger partial charge on any atom is -0.342 e. The summed E-state index contributed by atoms with van der Waals surface area (Å²) in [5.41, 5.74) is -0.111. The lowest BCUT2D eigenvalue weighted by Crippen LogP contribution is -2.61. The molecule has 2 aromatic carbocycles. The van der Waals surface area contributed by atoms with Crippen molar-refractivity contribution in [1.29, 1.82) is 0 Å². The first-order valence-corrected chi connectivity index (χ1v) is 16.8. The lowest BCUT2D eigenvalue weighted by atomic mass is 9.76. The summed E-state index contributed by atoms with van der Waals surface area (Å²) in [4.78, 5) is 42.2. The van der Waals surface area contributed by atoms with E-state index in [1.54, 1.807) is 32.3 Å². The smallest absolute Gasteiger partial charge is 0.264 e. The van der Waals surface area contributed by atoms with E-state index < -0.39 is 44.9 Å². The molecule has 0 saturated heterocycles. The normalized spacial score (nSPS) is 14.9. The Labute approximate surface area is 271 Å². The summed E-state index contributed by atoms with van der Waals surface area (Å²) >= 11 is 3.27. The quantitative estimate of drug-likeness (QED) is 0.276. The summed E-state index contributed by atoms with van der Waals surface area (Å²) in [6.07, 6.45) is 1.59. The van der Waals surface area contributed by atoms with Gasteiger partial charge in [-0.05, 0) is 55.1 Å². The molecule has 3 atom stereocenters. The van der Waals surface area contributed by atoms with E-state index in [2.05, 4.69) is 31.3 Å². The van der Waals surface area contributed by atoms with Crippen molar-refractivity contribution in [3.8, 4) is 0 Å². The van der Waals surface area contributed by atoms with Crippen LogP contribution in [-0.2, 0) is 29.8 Å². The third kappa shape index (κ3) is 9.25. The van der Waals surface area contributed by atoms with Crippen molar-refractivity contribution in [3.63, 3.8) is 0 Å². The fourth-order valence-electron chi connectivity index (χ4n) is 5.04. The Morgan fingerprint density at radius 1 is 0.909 bits per heavy atom. The van der Waals surface area contributed by atoms with Gasteiger partial charge in [-0.25, -0.2) is 13.1 Å². The van der Waals surface area contributed by atoms with Gasteiger partial charge in [-0.2, -0.15) is 0 Å². The molecule has 0 aromatic heterocycles. The number of hydrogen-bond donors (Lipinski definition) is 3. The van der Waals surface area contributed by atoms with Crippen LogP contribution in [0.15, 0.2) is 75.6 Å². The second kappa shape index (κ2) is 14.8. The molecule has 3 amide bonds. The summed E-state index contributed by atoms with van der Waals surface area (Å²) < 4.78 is 28.4. The maximum absolute atomic E-state index is 14.1. The van der Waals surface area contributed by atoms with Crippen LogP contribution in [0, 0.1) is 11.3 Å². The highest BCUT2D eigenvalue weighted by Gasteiger charge is 2.41. The fraction of sp³-hybridized carbons (Fsp3) is 0.485. The van der Waals surface area contributed by atoms with Crippen LogP contribution in [0.1, 0.15) is 61.0 Å². The van der Waals surface area contributed by atoms with E-state index in [4.69, 9.17) is 0 Å². The van der Waals surface area contributed by atoms with Crippen molar-refractivity contribution in [2.45, 2.75) is 83.8 Å². The number of carbonyl (C=O) groups excluding carboxylic acids is 3. The standard InChI is InChI=1S/C33H47BrN4O5S/c1-21(2)26(20-22(3)29(39)37-44(42,43)25-18-16-24(34)17-19-25)38(10)31(41)28(32(4,5)6)36-30(40)27(35-9)33(7,8)23-14-12-11-13-15-23/h11-21,26-28,35H,1-10H3,(H,36,40)(H,37,39)/t26-,27-,28-/m1/s1. The predicted octanol–water partition coefficient (Wildman–Crippen LogP) is 4.78. The molecule has 0 bridgehead atoms. The Kier molecular flexibility index (Phi) is 12.5. The van der Waals surface area contributed by atoms with Crippen molar-refractivity contribution in [2.75, 3.05) is 14.1 Å². The van der Waals surface area contributed by atoms with Gasteiger partial charge in [-0.15, -0.1) is 0 Å². The maximum atomic E-state index is 14.1. The summed E-state index contributed by atoms with van der Waals surface area (Å²) in [5.74, 6) is -1.56. The minimum absolute atomic E-state index is 0.0476. The molecule has 0 aliphatic carbocycles. The number of halogens is 1. The molecule has 242 valence electrons. The highest BCUT2D eigenvalue weighted by molar-refractivity contribution is 9.10. The Bertz CT molecular complexity index is 1450. The predicted molar refractivity (Wildman–Crippen MR) is 178 cm³/mol. The van der Waals surface area contributed by atoms with Gasteiger partial charge >= 0.3 is 0 Å². The number of benzene rings is 2. The van der Waals surface area contributed by atoms with Crippen LogP contribution < -0.4 is 15.4 Å². The number of carbonyl (C=O) groups is 3. The van der Waals surface area contributed by atoms with Crippen LogP contribution >= 0.6 is 15.9 Å². The monoisotopic (exact) mass is 690 g/mol. The number of hydrogen-bond acceptors (Lipinski definition) is 6. The lowest BCUT2D eigenvalue weighted by Gasteiger charge is -2.40. The van der Waals surface area contributed by atoms with Crippen molar-refractivity contribution >= 4 is 43.7 Å². The summed E-state index contributed by atoms with van der Waals surface area (Å²) in [5, 5.41) is 6.15. The largest absolute Gasteiger partial charge is 0.342 e.